The van der Waals surface area contributed by atoms with E-state index in [1.165, 1.54) is 0 Å². The Bertz CT molecular complexity index is 281. The number of ether oxygens (including phenoxy) is 1. The first-order valence-electron chi connectivity index (χ1n) is 4.50. The highest BCUT2D eigenvalue weighted by atomic mass is 16.5. The van der Waals surface area contributed by atoms with Crippen LogP contribution in [0.5, 0.6) is 5.75 Å². The van der Waals surface area contributed by atoms with Gasteiger partial charge in [0.05, 0.1) is 0 Å². The van der Waals surface area contributed by atoms with Gasteiger partial charge in [-0.2, -0.15) is 0 Å². The van der Waals surface area contributed by atoms with Crippen molar-refractivity contribution in [2.24, 2.45) is 5.73 Å². The molecule has 0 spiro atoms. The van der Waals surface area contributed by atoms with Crippen LogP contribution in [0.2, 0.25) is 0 Å². The number of para-hydroxylation sites is 1. The molecule has 72 valence electrons. The predicted molar refractivity (Wildman–Crippen MR) is 54.9 cm³/mol. The fourth-order valence-corrected chi connectivity index (χ4v) is 1.01. The van der Waals surface area contributed by atoms with Gasteiger partial charge < -0.3 is 10.5 Å². The van der Waals surface area contributed by atoms with Crippen LogP contribution >= 0.6 is 0 Å². The van der Waals surface area contributed by atoms with Crippen molar-refractivity contribution < 1.29 is 4.74 Å². The van der Waals surface area contributed by atoms with Crippen LogP contribution in [0.1, 0.15) is 19.4 Å². The summed E-state index contributed by atoms with van der Waals surface area (Å²) >= 11 is 0. The molecule has 0 aliphatic rings. The molecule has 0 aromatic heterocycles. The van der Waals surface area contributed by atoms with E-state index in [9.17, 15) is 0 Å². The largest absolute Gasteiger partial charge is 0.486 e. The smallest absolute Gasteiger partial charge is 0.123 e. The van der Waals surface area contributed by atoms with Gasteiger partial charge in [0.25, 0.3) is 0 Å². The van der Waals surface area contributed by atoms with Gasteiger partial charge in [-0.1, -0.05) is 18.2 Å². The molecule has 2 heteroatoms. The van der Waals surface area contributed by atoms with Crippen molar-refractivity contribution in [3.63, 3.8) is 0 Å². The fraction of sp³-hybridized carbons (Fsp3) is 0.455. The first-order chi connectivity index (χ1) is 6.05. The summed E-state index contributed by atoms with van der Waals surface area (Å²) in [4.78, 5) is 0. The lowest BCUT2D eigenvalue weighted by Crippen LogP contribution is -2.37. The summed E-state index contributed by atoms with van der Waals surface area (Å²) in [5, 5.41) is 0. The Hall–Kier alpha value is -1.02. The summed E-state index contributed by atoms with van der Waals surface area (Å²) in [6, 6.07) is 7.96. The van der Waals surface area contributed by atoms with Crippen LogP contribution in [0.4, 0.5) is 0 Å². The molecule has 1 aromatic carbocycles. The Balaban J connectivity index is 2.80. The minimum Gasteiger partial charge on any atom is -0.486 e. The van der Waals surface area contributed by atoms with Crippen LogP contribution in [0.25, 0.3) is 0 Å². The van der Waals surface area contributed by atoms with E-state index >= 15 is 0 Å². The molecular formula is C11H17NO. The van der Waals surface area contributed by atoms with E-state index in [2.05, 4.69) is 0 Å². The summed E-state index contributed by atoms with van der Waals surface area (Å²) in [5.41, 5.74) is 6.44. The van der Waals surface area contributed by atoms with Crippen molar-refractivity contribution in [1.82, 2.24) is 0 Å². The normalized spacial score (nSPS) is 11.4. The highest BCUT2D eigenvalue weighted by molar-refractivity contribution is 5.32. The number of hydrogen-bond acceptors (Lipinski definition) is 2. The van der Waals surface area contributed by atoms with Crippen LogP contribution in [0.15, 0.2) is 24.3 Å². The summed E-state index contributed by atoms with van der Waals surface area (Å²) in [7, 11) is 0. The molecule has 0 unspecified atom stereocenters. The van der Waals surface area contributed by atoms with Gasteiger partial charge >= 0.3 is 0 Å². The zero-order valence-corrected chi connectivity index (χ0v) is 8.50. The number of benzene rings is 1. The second kappa shape index (κ2) is 3.79. The Morgan fingerprint density at radius 1 is 1.31 bits per heavy atom. The minimum absolute atomic E-state index is 0.286. The van der Waals surface area contributed by atoms with E-state index in [1.54, 1.807) is 0 Å². The van der Waals surface area contributed by atoms with Crippen LogP contribution in [-0.4, -0.2) is 12.1 Å². The maximum absolute atomic E-state index is 5.76. The van der Waals surface area contributed by atoms with Crippen LogP contribution in [0, 0.1) is 6.92 Å². The fourth-order valence-electron chi connectivity index (χ4n) is 1.01. The van der Waals surface area contributed by atoms with Gasteiger partial charge in [0.2, 0.25) is 0 Å². The van der Waals surface area contributed by atoms with Crippen molar-refractivity contribution in [2.45, 2.75) is 26.4 Å². The molecule has 0 bridgehead atoms. The lowest BCUT2D eigenvalue weighted by atomic mass is 10.1. The van der Waals surface area contributed by atoms with E-state index in [0.717, 1.165) is 11.3 Å². The van der Waals surface area contributed by atoms with Gasteiger partial charge in [-0.15, -0.1) is 0 Å². The van der Waals surface area contributed by atoms with Gasteiger partial charge in [0.15, 0.2) is 0 Å². The summed E-state index contributed by atoms with van der Waals surface area (Å²) in [6.07, 6.45) is 0. The third-order valence-corrected chi connectivity index (χ3v) is 1.97. The summed E-state index contributed by atoms with van der Waals surface area (Å²) in [5.74, 6) is 0.915. The number of rotatable bonds is 3. The molecule has 0 saturated carbocycles. The summed E-state index contributed by atoms with van der Waals surface area (Å²) in [6.45, 7) is 6.52. The molecule has 0 fully saturated rings. The highest BCUT2D eigenvalue weighted by Crippen LogP contribution is 2.21. The standard InChI is InChI=1S/C11H17NO/c1-9-6-4-5-7-10(9)13-11(2,3)8-12/h4-7H,8,12H2,1-3H3. The third kappa shape index (κ3) is 2.74. The molecule has 0 heterocycles. The third-order valence-electron chi connectivity index (χ3n) is 1.97. The Labute approximate surface area is 79.7 Å². The molecule has 0 aliphatic carbocycles. The lowest BCUT2D eigenvalue weighted by Gasteiger charge is -2.25. The van der Waals surface area contributed by atoms with E-state index in [-0.39, 0.29) is 5.60 Å². The van der Waals surface area contributed by atoms with Crippen LogP contribution in [-0.2, 0) is 0 Å². The molecule has 0 amide bonds. The maximum atomic E-state index is 5.76. The van der Waals surface area contributed by atoms with E-state index in [1.807, 2.05) is 45.0 Å². The minimum atomic E-state index is -0.286. The molecule has 1 aromatic rings. The van der Waals surface area contributed by atoms with Crippen molar-refractivity contribution in [1.29, 1.82) is 0 Å². The Kier molecular flexibility index (Phi) is 2.94. The SMILES string of the molecule is Cc1ccccc1OC(C)(C)CN. The monoisotopic (exact) mass is 179 g/mol. The molecular weight excluding hydrogens is 162 g/mol. The zero-order valence-electron chi connectivity index (χ0n) is 8.50. The lowest BCUT2D eigenvalue weighted by molar-refractivity contribution is 0.118. The molecule has 2 nitrogen and oxygen atoms in total. The maximum Gasteiger partial charge on any atom is 0.123 e. The van der Waals surface area contributed by atoms with Gasteiger partial charge in [0.1, 0.15) is 11.4 Å². The quantitative estimate of drug-likeness (QED) is 0.771. The van der Waals surface area contributed by atoms with Gasteiger partial charge in [-0.05, 0) is 32.4 Å². The van der Waals surface area contributed by atoms with Crippen molar-refractivity contribution in [3.8, 4) is 5.75 Å². The van der Waals surface area contributed by atoms with Crippen LogP contribution in [0.3, 0.4) is 0 Å². The predicted octanol–water partition coefficient (Wildman–Crippen LogP) is 2.11. The van der Waals surface area contributed by atoms with Gasteiger partial charge in [-0.3, -0.25) is 0 Å². The van der Waals surface area contributed by atoms with E-state index < -0.39 is 0 Å². The molecule has 13 heavy (non-hydrogen) atoms. The average molecular weight is 179 g/mol. The first kappa shape index (κ1) is 10.1. The van der Waals surface area contributed by atoms with E-state index in [4.69, 9.17) is 10.5 Å². The second-order valence-corrected chi connectivity index (χ2v) is 3.83. The Morgan fingerprint density at radius 2 is 1.92 bits per heavy atom. The van der Waals surface area contributed by atoms with Gasteiger partial charge in [-0.25, -0.2) is 0 Å². The first-order valence-corrected chi connectivity index (χ1v) is 4.50. The zero-order chi connectivity index (χ0) is 9.90. The molecule has 0 radical (unpaired) electrons. The van der Waals surface area contributed by atoms with Gasteiger partial charge in [0, 0.05) is 6.54 Å². The van der Waals surface area contributed by atoms with Crippen molar-refractivity contribution >= 4 is 0 Å². The van der Waals surface area contributed by atoms with Crippen LogP contribution < -0.4 is 10.5 Å². The molecule has 0 aliphatic heterocycles. The molecule has 0 atom stereocenters. The van der Waals surface area contributed by atoms with Crippen molar-refractivity contribution in [3.05, 3.63) is 29.8 Å². The summed E-state index contributed by atoms with van der Waals surface area (Å²) < 4.78 is 5.76. The molecule has 1 rings (SSSR count). The highest BCUT2D eigenvalue weighted by Gasteiger charge is 2.17. The van der Waals surface area contributed by atoms with E-state index in [0.29, 0.717) is 6.54 Å². The topological polar surface area (TPSA) is 35.2 Å². The number of hydrogen-bond donors (Lipinski definition) is 1. The number of nitrogens with two attached hydrogens (primary N) is 1. The molecule has 2 N–H and O–H groups in total. The second-order valence-electron chi connectivity index (χ2n) is 3.83. The van der Waals surface area contributed by atoms with Crippen molar-refractivity contribution in [2.75, 3.05) is 6.54 Å². The Morgan fingerprint density at radius 3 is 2.46 bits per heavy atom. The number of aryl methyl sites for hydroxylation is 1. The molecule has 0 saturated heterocycles. The average Bonchev–Trinajstić information content (AvgIpc) is 2.09.